The Labute approximate surface area is 119 Å². The summed E-state index contributed by atoms with van der Waals surface area (Å²) in [6.45, 7) is -4.54. The van der Waals surface area contributed by atoms with Crippen molar-refractivity contribution >= 4 is 6.98 Å². The molecule has 0 aliphatic heterocycles. The van der Waals surface area contributed by atoms with Gasteiger partial charge >= 0.3 is 58.4 Å². The Hall–Kier alpha value is 1.49. The summed E-state index contributed by atoms with van der Waals surface area (Å²) in [7, 11) is 0. The summed E-state index contributed by atoms with van der Waals surface area (Å²) >= 11 is 0. The van der Waals surface area contributed by atoms with Gasteiger partial charge in [0.2, 0.25) is 0 Å². The van der Waals surface area contributed by atoms with Crippen molar-refractivity contribution in [3.8, 4) is 0 Å². The number of rotatable bonds is 2. The Morgan fingerprint density at radius 2 is 1.46 bits per heavy atom. The molecule has 13 heavy (non-hydrogen) atoms. The predicted octanol–water partition coefficient (Wildman–Crippen LogP) is 0.172. The normalized spacial score (nSPS) is 47.3. The van der Waals surface area contributed by atoms with Gasteiger partial charge in [-0.25, -0.2) is 0 Å². The average molecular weight is 214 g/mol. The summed E-state index contributed by atoms with van der Waals surface area (Å²) in [5.41, 5.74) is 0.192. The average Bonchev–Trinajstić information content (AvgIpc) is 2.33. The fourth-order valence-corrected chi connectivity index (χ4v) is 3.42. The molecule has 4 aliphatic carbocycles. The quantitative estimate of drug-likeness (QED) is 0.575. The van der Waals surface area contributed by atoms with Crippen molar-refractivity contribution in [1.82, 2.24) is 0 Å². The van der Waals surface area contributed by atoms with Crippen molar-refractivity contribution in [2.24, 2.45) is 11.3 Å². The topological polar surface area (TPSA) is 0 Å². The summed E-state index contributed by atoms with van der Waals surface area (Å²) in [5, 5.41) is -1.15. The molecule has 0 radical (unpaired) electrons. The molecule has 5 heteroatoms. The molecule has 4 rings (SSSR count). The second-order valence-corrected chi connectivity index (χ2v) is 5.10. The molecule has 0 spiro atoms. The van der Waals surface area contributed by atoms with Crippen LogP contribution in [-0.4, -0.2) is 6.98 Å². The number of hydrogen-bond acceptors (Lipinski definition) is 0. The molecule has 0 atom stereocenters. The summed E-state index contributed by atoms with van der Waals surface area (Å²) in [6.07, 6.45) is 3.83. The molecule has 0 aromatic carbocycles. The Bertz CT molecular complexity index is 226. The van der Waals surface area contributed by atoms with E-state index in [1.54, 1.807) is 0 Å². The van der Waals surface area contributed by atoms with Crippen LogP contribution in [0.5, 0.6) is 0 Å². The zero-order chi connectivity index (χ0) is 8.61. The summed E-state index contributed by atoms with van der Waals surface area (Å²) < 4.78 is 37.3. The van der Waals surface area contributed by atoms with Gasteiger partial charge < -0.3 is 12.9 Å². The molecule has 68 valence electrons. The molecule has 0 nitrogen and oxygen atoms in total. The standard InChI is InChI=1S/C8H11BF3.K/c10-9(11,12)8-3-7(4-8,5-8)6-1-2-6;/h6H,1-5H2;/q-1;+1. The van der Waals surface area contributed by atoms with Crippen LogP contribution in [-0.2, 0) is 0 Å². The minimum Gasteiger partial charge on any atom is -0.449 e. The maximum atomic E-state index is 12.4. The smallest absolute Gasteiger partial charge is 0.449 e. The molecule has 2 bridgehead atoms. The molecule has 4 fully saturated rings. The first-order valence-electron chi connectivity index (χ1n) is 4.67. The van der Waals surface area contributed by atoms with Crippen LogP contribution in [0.1, 0.15) is 32.1 Å². The molecule has 0 N–H and O–H groups in total. The van der Waals surface area contributed by atoms with Crippen molar-refractivity contribution in [3.63, 3.8) is 0 Å². The van der Waals surface area contributed by atoms with Crippen molar-refractivity contribution in [3.05, 3.63) is 0 Å². The van der Waals surface area contributed by atoms with E-state index >= 15 is 0 Å². The van der Waals surface area contributed by atoms with Gasteiger partial charge in [-0.1, -0.05) is 24.6 Å². The molecular weight excluding hydrogens is 203 g/mol. The summed E-state index contributed by atoms with van der Waals surface area (Å²) in [4.78, 5) is 0. The first-order chi connectivity index (χ1) is 5.48. The van der Waals surface area contributed by atoms with Crippen molar-refractivity contribution in [1.29, 1.82) is 0 Å². The van der Waals surface area contributed by atoms with Crippen LogP contribution in [0.25, 0.3) is 0 Å². The third-order valence-electron chi connectivity index (χ3n) is 4.25. The summed E-state index contributed by atoms with van der Waals surface area (Å²) in [6, 6.07) is 0. The summed E-state index contributed by atoms with van der Waals surface area (Å²) in [5.74, 6) is 0.678. The first kappa shape index (κ1) is 11.0. The van der Waals surface area contributed by atoms with Crippen molar-refractivity contribution in [2.45, 2.75) is 37.4 Å². The third kappa shape index (κ3) is 1.27. The fourth-order valence-electron chi connectivity index (χ4n) is 3.42. The molecule has 0 saturated heterocycles. The molecule has 0 aromatic heterocycles. The van der Waals surface area contributed by atoms with Gasteiger partial charge in [-0.3, -0.25) is 0 Å². The van der Waals surface area contributed by atoms with Crippen LogP contribution in [0.15, 0.2) is 0 Å². The molecule has 0 amide bonds. The first-order valence-corrected chi connectivity index (χ1v) is 4.67. The fraction of sp³-hybridized carbons (Fsp3) is 1.00. The number of hydrogen-bond donors (Lipinski definition) is 0. The van der Waals surface area contributed by atoms with E-state index in [0.717, 1.165) is 0 Å². The van der Waals surface area contributed by atoms with Crippen LogP contribution in [0.2, 0.25) is 5.31 Å². The van der Waals surface area contributed by atoms with E-state index in [9.17, 15) is 12.9 Å². The molecule has 0 aromatic rings. The Balaban J connectivity index is 0.000000653. The van der Waals surface area contributed by atoms with E-state index in [-0.39, 0.29) is 56.8 Å². The van der Waals surface area contributed by atoms with Crippen LogP contribution in [0.4, 0.5) is 12.9 Å². The molecule has 0 unspecified atom stereocenters. The Morgan fingerprint density at radius 3 is 1.77 bits per heavy atom. The molecular formula is C8H11BF3K. The van der Waals surface area contributed by atoms with Crippen LogP contribution >= 0.6 is 0 Å². The van der Waals surface area contributed by atoms with E-state index in [1.165, 1.54) is 12.8 Å². The van der Waals surface area contributed by atoms with Gasteiger partial charge in [-0.2, -0.15) is 0 Å². The zero-order valence-electron chi connectivity index (χ0n) is 7.82. The van der Waals surface area contributed by atoms with Gasteiger partial charge in [-0.05, 0) is 24.2 Å². The second-order valence-electron chi connectivity index (χ2n) is 5.10. The predicted molar refractivity (Wildman–Crippen MR) is 40.8 cm³/mol. The van der Waals surface area contributed by atoms with E-state index in [4.69, 9.17) is 0 Å². The van der Waals surface area contributed by atoms with Gasteiger partial charge in [0.15, 0.2) is 0 Å². The molecule has 0 heterocycles. The SMILES string of the molecule is F[B-](F)(F)C12CC(C3CC3)(C1)C2.[K+]. The Kier molecular flexibility index (Phi) is 2.35. The van der Waals surface area contributed by atoms with Gasteiger partial charge in [-0.15, -0.1) is 0 Å². The van der Waals surface area contributed by atoms with E-state index < -0.39 is 12.3 Å². The second kappa shape index (κ2) is 2.79. The van der Waals surface area contributed by atoms with E-state index in [0.29, 0.717) is 25.2 Å². The van der Waals surface area contributed by atoms with E-state index in [2.05, 4.69) is 0 Å². The minimum atomic E-state index is -4.54. The van der Waals surface area contributed by atoms with E-state index in [1.807, 2.05) is 0 Å². The van der Waals surface area contributed by atoms with Gasteiger partial charge in [0.25, 0.3) is 0 Å². The Morgan fingerprint density at radius 1 is 1.00 bits per heavy atom. The largest absolute Gasteiger partial charge is 1.00 e. The minimum absolute atomic E-state index is 0. The maximum Gasteiger partial charge on any atom is 1.00 e. The third-order valence-corrected chi connectivity index (χ3v) is 4.25. The monoisotopic (exact) mass is 214 g/mol. The van der Waals surface area contributed by atoms with Crippen molar-refractivity contribution < 1.29 is 64.3 Å². The van der Waals surface area contributed by atoms with Gasteiger partial charge in [0.1, 0.15) is 0 Å². The number of halogens is 3. The van der Waals surface area contributed by atoms with Gasteiger partial charge in [0.05, 0.1) is 0 Å². The molecule has 4 aliphatic rings. The van der Waals surface area contributed by atoms with Crippen LogP contribution in [0, 0.1) is 11.3 Å². The van der Waals surface area contributed by atoms with Crippen molar-refractivity contribution in [2.75, 3.05) is 0 Å². The molecule has 4 saturated carbocycles. The zero-order valence-corrected chi connectivity index (χ0v) is 10.9. The van der Waals surface area contributed by atoms with Crippen LogP contribution < -0.4 is 51.4 Å². The van der Waals surface area contributed by atoms with Gasteiger partial charge in [0, 0.05) is 0 Å². The van der Waals surface area contributed by atoms with Crippen LogP contribution in [0.3, 0.4) is 0 Å². The maximum absolute atomic E-state index is 12.4.